The van der Waals surface area contributed by atoms with Gasteiger partial charge in [-0.15, -0.1) is 0 Å². The number of hydrogen-bond donors (Lipinski definition) is 2. The van der Waals surface area contributed by atoms with Crippen molar-refractivity contribution in [1.29, 1.82) is 0 Å². The van der Waals surface area contributed by atoms with Crippen LogP contribution in [0, 0.1) is 0 Å². The van der Waals surface area contributed by atoms with E-state index in [1.165, 1.54) is 0 Å². The molecule has 5 heteroatoms. The van der Waals surface area contributed by atoms with Crippen LogP contribution in [0.15, 0.2) is 34.9 Å². The molecule has 0 spiro atoms. The smallest absolute Gasteiger partial charge is 0.244 e. The number of fused-ring (bicyclic) bond motifs is 1. The Balaban J connectivity index is 1.89. The first-order valence-electron chi connectivity index (χ1n) is 7.19. The molecule has 2 heterocycles. The number of hydrogen-bond acceptors (Lipinski definition) is 3. The molecule has 1 aromatic carbocycles. The molecule has 1 unspecified atom stereocenters. The average Bonchev–Trinajstić information content (AvgIpc) is 2.48. The van der Waals surface area contributed by atoms with Crippen molar-refractivity contribution in [2.45, 2.75) is 31.7 Å². The first kappa shape index (κ1) is 14.5. The number of nitrogens with zero attached hydrogens (tertiary/aromatic N) is 1. The number of benzene rings is 1. The molecule has 1 atom stereocenters. The zero-order chi connectivity index (χ0) is 14.9. The molecule has 0 aliphatic carbocycles. The molecule has 0 radical (unpaired) electrons. The minimum atomic E-state index is -0.490. The molecule has 1 aromatic heterocycles. The number of aromatic nitrogens is 1. The zero-order valence-electron chi connectivity index (χ0n) is 11.9. The third-order valence-electron chi connectivity index (χ3n) is 4.05. The molecular weight excluding hydrogens is 330 g/mol. The van der Waals surface area contributed by atoms with Gasteiger partial charge in [0.2, 0.25) is 5.91 Å². The van der Waals surface area contributed by atoms with Crippen LogP contribution >= 0.6 is 15.9 Å². The Morgan fingerprint density at radius 2 is 2.29 bits per heavy atom. The van der Waals surface area contributed by atoms with Crippen LogP contribution in [0.4, 0.5) is 5.69 Å². The summed E-state index contributed by atoms with van der Waals surface area (Å²) in [5, 5.41) is 7.37. The Morgan fingerprint density at radius 1 is 1.43 bits per heavy atom. The van der Waals surface area contributed by atoms with E-state index in [0.717, 1.165) is 46.9 Å². The second-order valence-electron chi connectivity index (χ2n) is 5.70. The summed E-state index contributed by atoms with van der Waals surface area (Å²) < 4.78 is 0.930. The summed E-state index contributed by atoms with van der Waals surface area (Å²) in [6.07, 6.45) is 4.82. The van der Waals surface area contributed by atoms with Gasteiger partial charge < -0.3 is 10.6 Å². The molecule has 0 saturated carbocycles. The number of pyridine rings is 1. The van der Waals surface area contributed by atoms with Gasteiger partial charge in [-0.25, -0.2) is 0 Å². The molecule has 1 fully saturated rings. The lowest BCUT2D eigenvalue weighted by atomic mass is 9.90. The predicted octanol–water partition coefficient (Wildman–Crippen LogP) is 3.47. The van der Waals surface area contributed by atoms with Gasteiger partial charge in [-0.1, -0.05) is 12.1 Å². The molecule has 1 amide bonds. The van der Waals surface area contributed by atoms with Gasteiger partial charge in [-0.05, 0) is 60.8 Å². The van der Waals surface area contributed by atoms with Crippen molar-refractivity contribution in [1.82, 2.24) is 10.3 Å². The van der Waals surface area contributed by atoms with E-state index in [1.54, 1.807) is 6.20 Å². The SMILES string of the molecule is CC1(C(=O)Nc2cccc3cc(Br)cnc23)CCCCN1. The first-order chi connectivity index (χ1) is 10.1. The number of amides is 1. The van der Waals surface area contributed by atoms with E-state index in [2.05, 4.69) is 31.5 Å². The summed E-state index contributed by atoms with van der Waals surface area (Å²) in [6, 6.07) is 7.82. The summed E-state index contributed by atoms with van der Waals surface area (Å²) in [4.78, 5) is 17.0. The molecule has 4 nitrogen and oxygen atoms in total. The molecule has 2 aromatic rings. The van der Waals surface area contributed by atoms with Crippen molar-refractivity contribution in [2.75, 3.05) is 11.9 Å². The monoisotopic (exact) mass is 347 g/mol. The molecule has 0 bridgehead atoms. The molecule has 21 heavy (non-hydrogen) atoms. The number of nitrogens with one attached hydrogen (secondary N) is 2. The summed E-state index contributed by atoms with van der Waals surface area (Å²) in [7, 11) is 0. The summed E-state index contributed by atoms with van der Waals surface area (Å²) >= 11 is 3.42. The highest BCUT2D eigenvalue weighted by Crippen LogP contribution is 2.26. The third-order valence-corrected chi connectivity index (χ3v) is 4.48. The van der Waals surface area contributed by atoms with Gasteiger partial charge in [-0.2, -0.15) is 0 Å². The van der Waals surface area contributed by atoms with Gasteiger partial charge >= 0.3 is 0 Å². The van der Waals surface area contributed by atoms with E-state index in [4.69, 9.17) is 0 Å². The second-order valence-corrected chi connectivity index (χ2v) is 6.62. The number of anilines is 1. The molecule has 2 N–H and O–H groups in total. The highest BCUT2D eigenvalue weighted by atomic mass is 79.9. The second kappa shape index (κ2) is 5.73. The fourth-order valence-electron chi connectivity index (χ4n) is 2.75. The lowest BCUT2D eigenvalue weighted by molar-refractivity contribution is -0.122. The van der Waals surface area contributed by atoms with Gasteiger partial charge in [0.15, 0.2) is 0 Å². The van der Waals surface area contributed by atoms with Gasteiger partial charge in [-0.3, -0.25) is 9.78 Å². The molecule has 1 aliphatic heterocycles. The summed E-state index contributed by atoms with van der Waals surface area (Å²) in [6.45, 7) is 2.86. The standard InChI is InChI=1S/C16H18BrN3O/c1-16(7-2-3-8-19-16)15(21)20-13-6-4-5-11-9-12(17)10-18-14(11)13/h4-6,9-10,19H,2-3,7-8H2,1H3,(H,20,21). The van der Waals surface area contributed by atoms with E-state index in [0.29, 0.717) is 0 Å². The molecule has 110 valence electrons. The van der Waals surface area contributed by atoms with E-state index >= 15 is 0 Å². The largest absolute Gasteiger partial charge is 0.323 e. The maximum Gasteiger partial charge on any atom is 0.244 e. The normalized spacial score (nSPS) is 22.2. The fourth-order valence-corrected chi connectivity index (χ4v) is 3.09. The minimum Gasteiger partial charge on any atom is -0.323 e. The number of piperidine rings is 1. The van der Waals surface area contributed by atoms with Crippen LogP contribution < -0.4 is 10.6 Å². The number of halogens is 1. The van der Waals surface area contributed by atoms with Gasteiger partial charge in [0.25, 0.3) is 0 Å². The highest BCUT2D eigenvalue weighted by Gasteiger charge is 2.34. The molecule has 3 rings (SSSR count). The zero-order valence-corrected chi connectivity index (χ0v) is 13.5. The van der Waals surface area contributed by atoms with Crippen LogP contribution in [-0.4, -0.2) is 23.0 Å². The lowest BCUT2D eigenvalue weighted by Gasteiger charge is -2.33. The number of carbonyl (C=O) groups excluding carboxylic acids is 1. The fraction of sp³-hybridized carbons (Fsp3) is 0.375. The van der Waals surface area contributed by atoms with E-state index in [-0.39, 0.29) is 5.91 Å². The van der Waals surface area contributed by atoms with Crippen molar-refractivity contribution in [2.24, 2.45) is 0 Å². The maximum absolute atomic E-state index is 12.6. The summed E-state index contributed by atoms with van der Waals surface area (Å²) in [5.74, 6) is 0.0134. The Kier molecular flexibility index (Phi) is 3.95. The maximum atomic E-state index is 12.6. The van der Waals surface area contributed by atoms with Crippen molar-refractivity contribution < 1.29 is 4.79 Å². The van der Waals surface area contributed by atoms with Gasteiger partial charge in [0.1, 0.15) is 0 Å². The predicted molar refractivity (Wildman–Crippen MR) is 88.3 cm³/mol. The quantitative estimate of drug-likeness (QED) is 0.874. The van der Waals surface area contributed by atoms with Crippen LogP contribution in [0.3, 0.4) is 0 Å². The van der Waals surface area contributed by atoms with Crippen molar-refractivity contribution in [3.63, 3.8) is 0 Å². The topological polar surface area (TPSA) is 54.0 Å². The van der Waals surface area contributed by atoms with Crippen molar-refractivity contribution in [3.05, 3.63) is 34.9 Å². The van der Waals surface area contributed by atoms with Crippen molar-refractivity contribution in [3.8, 4) is 0 Å². The van der Waals surface area contributed by atoms with Crippen LogP contribution in [0.5, 0.6) is 0 Å². The number of carbonyl (C=O) groups is 1. The van der Waals surface area contributed by atoms with Crippen LogP contribution in [0.25, 0.3) is 10.9 Å². The average molecular weight is 348 g/mol. The van der Waals surface area contributed by atoms with Crippen LogP contribution in [0.1, 0.15) is 26.2 Å². The minimum absolute atomic E-state index is 0.0134. The van der Waals surface area contributed by atoms with E-state index < -0.39 is 5.54 Å². The Labute approximate surface area is 132 Å². The molecular formula is C16H18BrN3O. The Hall–Kier alpha value is -1.46. The number of para-hydroxylation sites is 1. The van der Waals surface area contributed by atoms with Crippen LogP contribution in [-0.2, 0) is 4.79 Å². The summed E-state index contributed by atoms with van der Waals surface area (Å²) in [5.41, 5.74) is 1.09. The first-order valence-corrected chi connectivity index (χ1v) is 7.99. The Morgan fingerprint density at radius 3 is 3.05 bits per heavy atom. The lowest BCUT2D eigenvalue weighted by Crippen LogP contribution is -2.54. The van der Waals surface area contributed by atoms with E-state index in [1.807, 2.05) is 31.2 Å². The van der Waals surface area contributed by atoms with Gasteiger partial charge in [0, 0.05) is 16.1 Å². The molecule has 1 saturated heterocycles. The van der Waals surface area contributed by atoms with Crippen LogP contribution in [0.2, 0.25) is 0 Å². The third kappa shape index (κ3) is 2.94. The Bertz CT molecular complexity index is 680. The molecule has 1 aliphatic rings. The highest BCUT2D eigenvalue weighted by molar-refractivity contribution is 9.10. The van der Waals surface area contributed by atoms with E-state index in [9.17, 15) is 4.79 Å². The van der Waals surface area contributed by atoms with Crippen molar-refractivity contribution >= 4 is 38.4 Å². The van der Waals surface area contributed by atoms with Gasteiger partial charge in [0.05, 0.1) is 16.7 Å². The number of rotatable bonds is 2.